The Morgan fingerprint density at radius 1 is 1.13 bits per heavy atom. The van der Waals surface area contributed by atoms with Gasteiger partial charge < -0.3 is 0 Å². The van der Waals surface area contributed by atoms with Crippen molar-refractivity contribution in [2.75, 3.05) is 0 Å². The summed E-state index contributed by atoms with van der Waals surface area (Å²) in [6.45, 7) is 0. The Morgan fingerprint density at radius 2 is 2.00 bits per heavy atom. The lowest BCUT2D eigenvalue weighted by atomic mass is 10.1. The number of rotatable bonds is 1. The van der Waals surface area contributed by atoms with Gasteiger partial charge in [-0.2, -0.15) is 0 Å². The third-order valence-electron chi connectivity index (χ3n) is 2.41. The molecular formula is C13H8NS. The van der Waals surface area contributed by atoms with Gasteiger partial charge in [-0.1, -0.05) is 6.07 Å². The van der Waals surface area contributed by atoms with Crippen molar-refractivity contribution < 1.29 is 0 Å². The Morgan fingerprint density at radius 3 is 2.87 bits per heavy atom. The van der Waals surface area contributed by atoms with Crippen LogP contribution in [-0.4, -0.2) is 4.98 Å². The molecule has 2 heterocycles. The average molecular weight is 210 g/mol. The fraction of sp³-hybridized carbons (Fsp3) is 0. The lowest BCUT2D eigenvalue weighted by Gasteiger charge is -1.97. The summed E-state index contributed by atoms with van der Waals surface area (Å²) >= 11 is 1.77. The van der Waals surface area contributed by atoms with E-state index in [-0.39, 0.29) is 0 Å². The molecule has 0 aliphatic rings. The van der Waals surface area contributed by atoms with Crippen LogP contribution in [0, 0.1) is 6.07 Å². The van der Waals surface area contributed by atoms with Crippen LogP contribution in [0.1, 0.15) is 0 Å². The van der Waals surface area contributed by atoms with Gasteiger partial charge >= 0.3 is 0 Å². The highest BCUT2D eigenvalue weighted by Gasteiger charge is 2.04. The highest BCUT2D eigenvalue weighted by atomic mass is 32.1. The number of nitrogens with zero attached hydrogens (tertiary/aromatic N) is 1. The predicted molar refractivity (Wildman–Crippen MR) is 63.9 cm³/mol. The van der Waals surface area contributed by atoms with Crippen molar-refractivity contribution in [3.05, 3.63) is 54.2 Å². The van der Waals surface area contributed by atoms with Crippen LogP contribution in [0.2, 0.25) is 0 Å². The second-order valence-corrected chi connectivity index (χ2v) is 4.22. The standard InChI is InChI=1S/C13H8NS/c1-2-4-13-11(3-1)12(9-15-13)10-5-7-14-8-6-10/h2-9H. The first-order valence-electron chi connectivity index (χ1n) is 4.73. The normalized spacial score (nSPS) is 10.7. The van der Waals surface area contributed by atoms with Gasteiger partial charge in [0.05, 0.1) is 0 Å². The van der Waals surface area contributed by atoms with Crippen molar-refractivity contribution in [3.63, 3.8) is 0 Å². The van der Waals surface area contributed by atoms with Crippen LogP contribution in [0.3, 0.4) is 0 Å². The highest BCUT2D eigenvalue weighted by molar-refractivity contribution is 7.17. The third kappa shape index (κ3) is 1.43. The molecule has 0 spiro atoms. The Balaban J connectivity index is 2.28. The maximum Gasteiger partial charge on any atom is 0.0349 e. The summed E-state index contributed by atoms with van der Waals surface area (Å²) < 4.78 is 1.31. The predicted octanol–water partition coefficient (Wildman–Crippen LogP) is 3.76. The Bertz CT molecular complexity index is 584. The molecule has 1 nitrogen and oxygen atoms in total. The van der Waals surface area contributed by atoms with Crippen molar-refractivity contribution in [2.45, 2.75) is 0 Å². The van der Waals surface area contributed by atoms with E-state index in [1.54, 1.807) is 11.3 Å². The molecule has 1 aromatic carbocycles. The van der Waals surface area contributed by atoms with Crippen molar-refractivity contribution in [3.8, 4) is 11.1 Å². The Labute approximate surface area is 92.0 Å². The van der Waals surface area contributed by atoms with Gasteiger partial charge in [0, 0.05) is 28.0 Å². The van der Waals surface area contributed by atoms with Crippen LogP contribution in [0.4, 0.5) is 0 Å². The van der Waals surface area contributed by atoms with Crippen LogP contribution in [0.5, 0.6) is 0 Å². The molecular weight excluding hydrogens is 202 g/mol. The molecule has 2 aromatic heterocycles. The van der Waals surface area contributed by atoms with Gasteiger partial charge in [0.15, 0.2) is 0 Å². The first kappa shape index (κ1) is 8.62. The molecule has 0 aliphatic carbocycles. The molecule has 0 saturated carbocycles. The molecule has 71 valence electrons. The first-order chi connectivity index (χ1) is 7.45. The number of aromatic nitrogens is 1. The fourth-order valence-electron chi connectivity index (χ4n) is 1.67. The van der Waals surface area contributed by atoms with Gasteiger partial charge in [0.2, 0.25) is 0 Å². The number of pyridine rings is 1. The molecule has 0 fully saturated rings. The summed E-state index contributed by atoms with van der Waals surface area (Å²) in [5, 5.41) is 3.46. The topological polar surface area (TPSA) is 12.9 Å². The summed E-state index contributed by atoms with van der Waals surface area (Å²) in [4.78, 5) is 4.03. The van der Waals surface area contributed by atoms with Gasteiger partial charge in [0.25, 0.3) is 0 Å². The smallest absolute Gasteiger partial charge is 0.0349 e. The number of benzene rings is 1. The van der Waals surface area contributed by atoms with E-state index < -0.39 is 0 Å². The highest BCUT2D eigenvalue weighted by Crippen LogP contribution is 2.32. The molecule has 3 rings (SSSR count). The van der Waals surface area contributed by atoms with Crippen LogP contribution >= 0.6 is 11.3 Å². The van der Waals surface area contributed by atoms with Crippen molar-refractivity contribution in [1.82, 2.24) is 4.98 Å². The summed E-state index contributed by atoms with van der Waals surface area (Å²) in [6, 6.07) is 13.3. The zero-order chi connectivity index (χ0) is 10.1. The zero-order valence-electron chi connectivity index (χ0n) is 7.97. The molecule has 0 aliphatic heterocycles. The van der Waals surface area contributed by atoms with Gasteiger partial charge in [-0.3, -0.25) is 4.98 Å². The zero-order valence-corrected chi connectivity index (χ0v) is 8.79. The molecule has 0 unspecified atom stereocenters. The van der Waals surface area contributed by atoms with E-state index in [1.807, 2.05) is 36.7 Å². The van der Waals surface area contributed by atoms with E-state index in [0.29, 0.717) is 0 Å². The minimum absolute atomic E-state index is 1.22. The number of thiophene rings is 1. The van der Waals surface area contributed by atoms with Gasteiger partial charge in [0.1, 0.15) is 0 Å². The molecule has 15 heavy (non-hydrogen) atoms. The molecule has 0 atom stereocenters. The van der Waals surface area contributed by atoms with E-state index in [9.17, 15) is 0 Å². The largest absolute Gasteiger partial charge is 0.265 e. The Hall–Kier alpha value is -1.67. The minimum Gasteiger partial charge on any atom is -0.265 e. The summed E-state index contributed by atoms with van der Waals surface area (Å²) in [6.07, 6.45) is 3.65. The van der Waals surface area contributed by atoms with E-state index in [1.165, 1.54) is 21.2 Å². The lowest BCUT2D eigenvalue weighted by Crippen LogP contribution is -1.75. The monoisotopic (exact) mass is 210 g/mol. The second kappa shape index (κ2) is 3.48. The SMILES string of the molecule is [c]1ccc2scc(-c3ccncc3)c2c1. The molecule has 0 saturated heterocycles. The van der Waals surface area contributed by atoms with E-state index in [4.69, 9.17) is 0 Å². The average Bonchev–Trinajstić information content (AvgIpc) is 2.74. The molecule has 0 amide bonds. The van der Waals surface area contributed by atoms with E-state index >= 15 is 0 Å². The summed E-state index contributed by atoms with van der Waals surface area (Å²) in [5.74, 6) is 0. The fourth-order valence-corrected chi connectivity index (χ4v) is 2.62. The molecule has 0 N–H and O–H groups in total. The van der Waals surface area contributed by atoms with Crippen molar-refractivity contribution >= 4 is 21.4 Å². The quantitative estimate of drug-likeness (QED) is 0.596. The molecule has 3 aromatic rings. The Kier molecular flexibility index (Phi) is 2.00. The molecule has 1 radical (unpaired) electrons. The maximum atomic E-state index is 4.03. The van der Waals surface area contributed by atoms with Crippen LogP contribution in [-0.2, 0) is 0 Å². The van der Waals surface area contributed by atoms with E-state index in [0.717, 1.165) is 0 Å². The number of hydrogen-bond donors (Lipinski definition) is 0. The summed E-state index contributed by atoms with van der Waals surface area (Å²) in [7, 11) is 0. The van der Waals surface area contributed by atoms with Gasteiger partial charge in [-0.25, -0.2) is 0 Å². The number of hydrogen-bond acceptors (Lipinski definition) is 2. The molecule has 0 bridgehead atoms. The summed E-state index contributed by atoms with van der Waals surface area (Å²) in [5.41, 5.74) is 2.49. The van der Waals surface area contributed by atoms with E-state index in [2.05, 4.69) is 22.5 Å². The lowest BCUT2D eigenvalue weighted by molar-refractivity contribution is 1.33. The van der Waals surface area contributed by atoms with Crippen LogP contribution in [0.25, 0.3) is 21.2 Å². The van der Waals surface area contributed by atoms with Crippen molar-refractivity contribution in [2.24, 2.45) is 0 Å². The first-order valence-corrected chi connectivity index (χ1v) is 5.61. The third-order valence-corrected chi connectivity index (χ3v) is 3.37. The van der Waals surface area contributed by atoms with Gasteiger partial charge in [-0.15, -0.1) is 11.3 Å². The van der Waals surface area contributed by atoms with Crippen molar-refractivity contribution in [1.29, 1.82) is 0 Å². The number of fused-ring (bicyclic) bond motifs is 1. The van der Waals surface area contributed by atoms with Crippen LogP contribution in [0.15, 0.2) is 48.1 Å². The van der Waals surface area contributed by atoms with Crippen LogP contribution < -0.4 is 0 Å². The second-order valence-electron chi connectivity index (χ2n) is 3.31. The maximum absolute atomic E-state index is 4.03. The molecule has 2 heteroatoms. The van der Waals surface area contributed by atoms with Gasteiger partial charge in [-0.05, 0) is 41.3 Å². The minimum atomic E-state index is 1.22.